The lowest BCUT2D eigenvalue weighted by Crippen LogP contribution is -2.02. The van der Waals surface area contributed by atoms with Crippen molar-refractivity contribution in [3.63, 3.8) is 0 Å². The Labute approximate surface area is 71.7 Å². The van der Waals surface area contributed by atoms with Crippen LogP contribution in [0.3, 0.4) is 0 Å². The van der Waals surface area contributed by atoms with Crippen molar-refractivity contribution in [2.75, 3.05) is 6.61 Å². The van der Waals surface area contributed by atoms with Gasteiger partial charge in [0.15, 0.2) is 0 Å². The summed E-state index contributed by atoms with van der Waals surface area (Å²) in [6.07, 6.45) is 10.0. The molecule has 0 heterocycles. The Kier molecular flexibility index (Phi) is 2.49. The molecule has 0 saturated heterocycles. The molecule has 2 nitrogen and oxygen atoms in total. The molecule has 0 spiro atoms. The summed E-state index contributed by atoms with van der Waals surface area (Å²) in [5, 5.41) is 7.31. The Bertz CT molecular complexity index is 315. The Morgan fingerprint density at radius 1 is 1.58 bits per heavy atom. The van der Waals surface area contributed by atoms with Crippen LogP contribution in [0.5, 0.6) is 0 Å². The largest absolute Gasteiger partial charge is 0.480 e. The van der Waals surface area contributed by atoms with Crippen molar-refractivity contribution in [2.45, 2.75) is 0 Å². The van der Waals surface area contributed by atoms with Crippen molar-refractivity contribution in [3.8, 4) is 12.3 Å². The molecular formula is C10H9NO. The van der Waals surface area contributed by atoms with Crippen LogP contribution in [0.2, 0.25) is 0 Å². The van der Waals surface area contributed by atoms with Gasteiger partial charge in [-0.3, -0.25) is 0 Å². The van der Waals surface area contributed by atoms with Crippen LogP contribution < -0.4 is 0 Å². The highest BCUT2D eigenvalue weighted by molar-refractivity contribution is 6.04. The molecule has 0 bridgehead atoms. The average molecular weight is 159 g/mol. The first-order chi connectivity index (χ1) is 5.74. The zero-order valence-electron chi connectivity index (χ0n) is 6.63. The van der Waals surface area contributed by atoms with Crippen LogP contribution >= 0.6 is 0 Å². The summed E-state index contributed by atoms with van der Waals surface area (Å²) < 4.78 is 5.15. The summed E-state index contributed by atoms with van der Waals surface area (Å²) in [6, 6.07) is 0. The molecule has 0 unspecified atom stereocenters. The van der Waals surface area contributed by atoms with Crippen molar-refractivity contribution < 1.29 is 4.74 Å². The van der Waals surface area contributed by atoms with Gasteiger partial charge in [0.2, 0.25) is 0 Å². The first kappa shape index (κ1) is 8.35. The summed E-state index contributed by atoms with van der Waals surface area (Å²) in [5.74, 6) is 2.94. The fourth-order valence-corrected chi connectivity index (χ4v) is 0.808. The van der Waals surface area contributed by atoms with Gasteiger partial charge in [0.05, 0.1) is 5.71 Å². The van der Waals surface area contributed by atoms with E-state index in [1.165, 1.54) is 0 Å². The molecule has 0 atom stereocenters. The Morgan fingerprint density at radius 3 is 3.00 bits per heavy atom. The normalized spacial score (nSPS) is 15.4. The van der Waals surface area contributed by atoms with Gasteiger partial charge in [-0.2, -0.15) is 0 Å². The molecule has 1 aliphatic rings. The fourth-order valence-electron chi connectivity index (χ4n) is 0.808. The third-order valence-corrected chi connectivity index (χ3v) is 1.38. The second-order valence-electron chi connectivity index (χ2n) is 2.32. The van der Waals surface area contributed by atoms with Crippen molar-refractivity contribution in [3.05, 3.63) is 36.1 Å². The van der Waals surface area contributed by atoms with E-state index in [9.17, 15) is 0 Å². The maximum absolute atomic E-state index is 7.31. The minimum atomic E-state index is 0.214. The van der Waals surface area contributed by atoms with Crippen LogP contribution in [-0.4, -0.2) is 12.3 Å². The van der Waals surface area contributed by atoms with Gasteiger partial charge in [0.1, 0.15) is 12.4 Å². The molecule has 0 amide bonds. The summed E-state index contributed by atoms with van der Waals surface area (Å²) in [5.41, 5.74) is 1.15. The van der Waals surface area contributed by atoms with Crippen molar-refractivity contribution in [2.24, 2.45) is 0 Å². The Balaban J connectivity index is 2.69. The first-order valence-corrected chi connectivity index (χ1v) is 3.48. The van der Waals surface area contributed by atoms with Gasteiger partial charge in [-0.15, -0.1) is 6.42 Å². The second-order valence-corrected chi connectivity index (χ2v) is 2.32. The summed E-state index contributed by atoms with van der Waals surface area (Å²) in [4.78, 5) is 0. The third kappa shape index (κ3) is 1.86. The minimum Gasteiger partial charge on any atom is -0.480 e. The average Bonchev–Trinajstić information content (AvgIpc) is 2.07. The van der Waals surface area contributed by atoms with E-state index in [2.05, 4.69) is 12.5 Å². The molecule has 0 aliphatic heterocycles. The molecule has 0 fully saturated rings. The van der Waals surface area contributed by atoms with Gasteiger partial charge in [-0.1, -0.05) is 12.5 Å². The van der Waals surface area contributed by atoms with E-state index in [0.717, 1.165) is 5.57 Å². The lowest BCUT2D eigenvalue weighted by molar-refractivity contribution is 0.264. The molecule has 1 N–H and O–H groups in total. The maximum atomic E-state index is 7.31. The predicted molar refractivity (Wildman–Crippen MR) is 48.9 cm³/mol. The molecule has 0 radical (unpaired) electrons. The fraction of sp³-hybridized carbons (Fsp3) is 0.100. The van der Waals surface area contributed by atoms with Gasteiger partial charge in [-0.25, -0.2) is 0 Å². The van der Waals surface area contributed by atoms with E-state index in [4.69, 9.17) is 16.6 Å². The molecular weight excluding hydrogens is 150 g/mol. The van der Waals surface area contributed by atoms with Crippen LogP contribution in [0.15, 0.2) is 36.1 Å². The molecule has 1 aliphatic carbocycles. The van der Waals surface area contributed by atoms with Gasteiger partial charge < -0.3 is 10.1 Å². The van der Waals surface area contributed by atoms with E-state index >= 15 is 0 Å². The molecule has 12 heavy (non-hydrogen) atoms. The molecule has 0 saturated carbocycles. The lowest BCUT2D eigenvalue weighted by Gasteiger charge is -2.10. The standard InChI is InChI=1S/C10H9NO/c1-3-6-12-10-7-9(11)5-4-8(10)2/h1,4-5,7,11H,2,6H2. The van der Waals surface area contributed by atoms with E-state index < -0.39 is 0 Å². The maximum Gasteiger partial charge on any atom is 0.148 e. The molecule has 0 aromatic rings. The first-order valence-electron chi connectivity index (χ1n) is 3.48. The van der Waals surface area contributed by atoms with Crippen LogP contribution in [0.1, 0.15) is 0 Å². The third-order valence-electron chi connectivity index (χ3n) is 1.38. The van der Waals surface area contributed by atoms with Crippen molar-refractivity contribution >= 4 is 5.71 Å². The lowest BCUT2D eigenvalue weighted by atomic mass is 10.1. The van der Waals surface area contributed by atoms with E-state index in [0.29, 0.717) is 11.5 Å². The SMILES string of the molecule is C#CCOC1=CC(=N)C=CC1=C. The highest BCUT2D eigenvalue weighted by Gasteiger charge is 2.05. The predicted octanol–water partition coefficient (Wildman–Crippen LogP) is 1.67. The number of hydrogen-bond donors (Lipinski definition) is 1. The Morgan fingerprint density at radius 2 is 2.33 bits per heavy atom. The van der Waals surface area contributed by atoms with E-state index in [1.54, 1.807) is 18.2 Å². The van der Waals surface area contributed by atoms with E-state index in [1.807, 2.05) is 0 Å². The molecule has 1 rings (SSSR count). The van der Waals surface area contributed by atoms with Gasteiger partial charge in [0.25, 0.3) is 0 Å². The zero-order chi connectivity index (χ0) is 8.97. The van der Waals surface area contributed by atoms with Crippen molar-refractivity contribution in [1.82, 2.24) is 0 Å². The Hall–Kier alpha value is -1.75. The number of ether oxygens (including phenoxy) is 1. The summed E-state index contributed by atoms with van der Waals surface area (Å²) in [6.45, 7) is 3.95. The highest BCUT2D eigenvalue weighted by atomic mass is 16.5. The molecule has 2 heteroatoms. The van der Waals surface area contributed by atoms with Crippen LogP contribution in [0.4, 0.5) is 0 Å². The number of nitrogens with one attached hydrogen (secondary N) is 1. The number of terminal acetylenes is 1. The van der Waals surface area contributed by atoms with Crippen LogP contribution in [0, 0.1) is 17.8 Å². The molecule has 0 aromatic heterocycles. The van der Waals surface area contributed by atoms with Gasteiger partial charge >= 0.3 is 0 Å². The smallest absolute Gasteiger partial charge is 0.148 e. The number of hydrogen-bond acceptors (Lipinski definition) is 2. The van der Waals surface area contributed by atoms with Crippen LogP contribution in [-0.2, 0) is 4.74 Å². The zero-order valence-corrected chi connectivity index (χ0v) is 6.63. The van der Waals surface area contributed by atoms with Crippen molar-refractivity contribution in [1.29, 1.82) is 5.41 Å². The monoisotopic (exact) mass is 159 g/mol. The van der Waals surface area contributed by atoms with Crippen LogP contribution in [0.25, 0.3) is 0 Å². The second kappa shape index (κ2) is 3.59. The topological polar surface area (TPSA) is 33.1 Å². The summed E-state index contributed by atoms with van der Waals surface area (Å²) >= 11 is 0. The highest BCUT2D eigenvalue weighted by Crippen LogP contribution is 2.15. The quantitative estimate of drug-likeness (QED) is 0.611. The summed E-state index contributed by atoms with van der Waals surface area (Å²) in [7, 11) is 0. The minimum absolute atomic E-state index is 0.214. The van der Waals surface area contributed by atoms with E-state index in [-0.39, 0.29) is 6.61 Å². The molecule has 0 aromatic carbocycles. The van der Waals surface area contributed by atoms with Gasteiger partial charge in [-0.05, 0) is 12.2 Å². The molecule has 60 valence electrons. The number of rotatable bonds is 2. The number of allylic oxidation sites excluding steroid dienone is 3. The van der Waals surface area contributed by atoms with Gasteiger partial charge in [0, 0.05) is 11.6 Å².